The lowest BCUT2D eigenvalue weighted by Gasteiger charge is -2.21. The zero-order valence-electron chi connectivity index (χ0n) is 15.7. The number of nitrogens with one attached hydrogen (secondary N) is 1. The first-order valence-corrected chi connectivity index (χ1v) is 9.04. The molecule has 0 aromatic carbocycles. The Balaban J connectivity index is 1.77. The number of anilines is 1. The number of imidazole rings is 1. The Morgan fingerprint density at radius 1 is 1.37 bits per heavy atom. The summed E-state index contributed by atoms with van der Waals surface area (Å²) in [5, 5.41) is 12.8. The summed E-state index contributed by atoms with van der Waals surface area (Å²) in [6, 6.07) is 5.77. The highest BCUT2D eigenvalue weighted by Gasteiger charge is 2.16. The van der Waals surface area contributed by atoms with Gasteiger partial charge in [-0.3, -0.25) is 0 Å². The van der Waals surface area contributed by atoms with E-state index in [1.165, 1.54) is 0 Å². The molecule has 3 aromatic heterocycles. The Kier molecular flexibility index (Phi) is 6.03. The summed E-state index contributed by atoms with van der Waals surface area (Å²) in [6.07, 6.45) is 7.34. The predicted molar refractivity (Wildman–Crippen MR) is 105 cm³/mol. The molecule has 3 aromatic rings. The molecule has 2 N–H and O–H groups in total. The predicted octanol–water partition coefficient (Wildman–Crippen LogP) is 3.14. The van der Waals surface area contributed by atoms with Crippen LogP contribution in [-0.2, 0) is 6.61 Å². The van der Waals surface area contributed by atoms with Gasteiger partial charge in [-0.25, -0.2) is 15.0 Å². The van der Waals surface area contributed by atoms with Crippen molar-refractivity contribution in [3.8, 4) is 5.75 Å². The van der Waals surface area contributed by atoms with E-state index >= 15 is 0 Å². The van der Waals surface area contributed by atoms with E-state index in [2.05, 4.69) is 33.8 Å². The number of aromatic nitrogens is 4. The van der Waals surface area contributed by atoms with E-state index in [4.69, 9.17) is 4.74 Å². The van der Waals surface area contributed by atoms with Crippen LogP contribution < -0.4 is 10.1 Å². The van der Waals surface area contributed by atoms with Gasteiger partial charge in [-0.1, -0.05) is 26.0 Å². The quantitative estimate of drug-likeness (QED) is 0.565. The molecule has 27 heavy (non-hydrogen) atoms. The van der Waals surface area contributed by atoms with E-state index in [-0.39, 0.29) is 12.6 Å². The van der Waals surface area contributed by atoms with Crippen molar-refractivity contribution in [2.75, 3.05) is 11.9 Å². The summed E-state index contributed by atoms with van der Waals surface area (Å²) in [6.45, 7) is 8.10. The standard InChI is InChI=1S/C20H25N5O2/c1-4-7-17(14(2)12-26)24-20-18(10-21-15(3)22-20)27-13-16-11-25-9-6-5-8-19(25)23-16/h5-6,8-11,17,26H,2,4,7,12-13H2,1,3H3,(H,21,22,24)/t17-/m0/s1. The first-order chi connectivity index (χ1) is 13.1. The Bertz CT molecular complexity index is 889. The zero-order chi connectivity index (χ0) is 19.2. The highest BCUT2D eigenvalue weighted by Crippen LogP contribution is 2.25. The molecule has 0 aliphatic carbocycles. The first kappa shape index (κ1) is 18.8. The highest BCUT2D eigenvalue weighted by molar-refractivity contribution is 5.51. The number of ether oxygens (including phenoxy) is 1. The molecular weight excluding hydrogens is 342 g/mol. The highest BCUT2D eigenvalue weighted by atomic mass is 16.5. The fourth-order valence-corrected chi connectivity index (χ4v) is 2.82. The molecule has 3 rings (SSSR count). The number of pyridine rings is 1. The lowest BCUT2D eigenvalue weighted by Crippen LogP contribution is -2.24. The van der Waals surface area contributed by atoms with E-state index in [1.54, 1.807) is 6.20 Å². The molecule has 0 amide bonds. The fourth-order valence-electron chi connectivity index (χ4n) is 2.82. The van der Waals surface area contributed by atoms with Gasteiger partial charge < -0.3 is 19.6 Å². The van der Waals surface area contributed by atoms with Crippen LogP contribution in [0.3, 0.4) is 0 Å². The van der Waals surface area contributed by atoms with E-state index in [1.807, 2.05) is 41.9 Å². The molecule has 3 heterocycles. The molecule has 7 nitrogen and oxygen atoms in total. The number of aliphatic hydroxyl groups is 1. The van der Waals surface area contributed by atoms with Gasteiger partial charge in [0.25, 0.3) is 0 Å². The minimum atomic E-state index is -0.0770. The number of aryl methyl sites for hydroxylation is 1. The van der Waals surface area contributed by atoms with Crippen molar-refractivity contribution in [1.82, 2.24) is 19.4 Å². The second-order valence-electron chi connectivity index (χ2n) is 6.42. The van der Waals surface area contributed by atoms with Crippen LogP contribution in [0.2, 0.25) is 0 Å². The average molecular weight is 367 g/mol. The Hall–Kier alpha value is -2.93. The molecule has 0 bridgehead atoms. The van der Waals surface area contributed by atoms with Gasteiger partial charge in [0.2, 0.25) is 0 Å². The second-order valence-corrected chi connectivity index (χ2v) is 6.42. The summed E-state index contributed by atoms with van der Waals surface area (Å²) in [4.78, 5) is 13.2. The third-order valence-corrected chi connectivity index (χ3v) is 4.25. The van der Waals surface area contributed by atoms with Gasteiger partial charge in [0, 0.05) is 12.4 Å². The van der Waals surface area contributed by atoms with Crippen molar-refractivity contribution in [3.63, 3.8) is 0 Å². The van der Waals surface area contributed by atoms with Crippen molar-refractivity contribution < 1.29 is 9.84 Å². The fraction of sp³-hybridized carbons (Fsp3) is 0.350. The number of hydrogen-bond acceptors (Lipinski definition) is 6. The number of aliphatic hydroxyl groups excluding tert-OH is 1. The third-order valence-electron chi connectivity index (χ3n) is 4.25. The smallest absolute Gasteiger partial charge is 0.180 e. The summed E-state index contributed by atoms with van der Waals surface area (Å²) >= 11 is 0. The van der Waals surface area contributed by atoms with E-state index in [9.17, 15) is 5.11 Å². The molecule has 0 unspecified atom stereocenters. The minimum absolute atomic E-state index is 0.0703. The van der Waals surface area contributed by atoms with Crippen LogP contribution in [0.1, 0.15) is 31.3 Å². The topological polar surface area (TPSA) is 84.6 Å². The van der Waals surface area contributed by atoms with Gasteiger partial charge in [-0.05, 0) is 31.1 Å². The van der Waals surface area contributed by atoms with Crippen molar-refractivity contribution in [1.29, 1.82) is 0 Å². The van der Waals surface area contributed by atoms with E-state index < -0.39 is 0 Å². The second kappa shape index (κ2) is 8.64. The van der Waals surface area contributed by atoms with Crippen molar-refractivity contribution >= 4 is 11.5 Å². The van der Waals surface area contributed by atoms with Crippen LogP contribution in [0, 0.1) is 6.92 Å². The maximum absolute atomic E-state index is 9.44. The molecule has 0 spiro atoms. The van der Waals surface area contributed by atoms with Crippen LogP contribution >= 0.6 is 0 Å². The van der Waals surface area contributed by atoms with Gasteiger partial charge in [-0.2, -0.15) is 0 Å². The first-order valence-electron chi connectivity index (χ1n) is 9.04. The zero-order valence-corrected chi connectivity index (χ0v) is 15.7. The molecule has 142 valence electrons. The minimum Gasteiger partial charge on any atom is -0.482 e. The van der Waals surface area contributed by atoms with Crippen LogP contribution in [0.15, 0.2) is 48.9 Å². The SMILES string of the molecule is C=C(CO)[C@H](CCC)Nc1nc(C)ncc1OCc1cn2ccccc2n1. The number of fused-ring (bicyclic) bond motifs is 1. The molecule has 0 aliphatic heterocycles. The summed E-state index contributed by atoms with van der Waals surface area (Å²) in [7, 11) is 0. The van der Waals surface area contributed by atoms with Gasteiger partial charge in [-0.15, -0.1) is 0 Å². The molecule has 0 saturated heterocycles. The van der Waals surface area contributed by atoms with E-state index in [0.717, 1.165) is 29.8 Å². The van der Waals surface area contributed by atoms with Crippen LogP contribution in [0.4, 0.5) is 5.82 Å². The molecule has 0 saturated carbocycles. The normalized spacial score (nSPS) is 12.1. The molecule has 0 aliphatic rings. The van der Waals surface area contributed by atoms with Gasteiger partial charge in [0.1, 0.15) is 18.1 Å². The van der Waals surface area contributed by atoms with E-state index in [0.29, 0.717) is 24.0 Å². The van der Waals surface area contributed by atoms with Crippen LogP contribution in [0.5, 0.6) is 5.75 Å². The maximum atomic E-state index is 9.44. The lowest BCUT2D eigenvalue weighted by atomic mass is 10.0. The largest absolute Gasteiger partial charge is 0.482 e. The number of nitrogens with zero attached hydrogens (tertiary/aromatic N) is 4. The van der Waals surface area contributed by atoms with Gasteiger partial charge in [0.05, 0.1) is 24.5 Å². The summed E-state index contributed by atoms with van der Waals surface area (Å²) in [5.41, 5.74) is 2.41. The number of rotatable bonds is 9. The Morgan fingerprint density at radius 2 is 2.22 bits per heavy atom. The van der Waals surface area contributed by atoms with Gasteiger partial charge in [0.15, 0.2) is 11.6 Å². The average Bonchev–Trinajstić information content (AvgIpc) is 3.09. The summed E-state index contributed by atoms with van der Waals surface area (Å²) < 4.78 is 7.90. The van der Waals surface area contributed by atoms with Crippen LogP contribution in [0.25, 0.3) is 5.65 Å². The maximum Gasteiger partial charge on any atom is 0.180 e. The summed E-state index contributed by atoms with van der Waals surface area (Å²) in [5.74, 6) is 1.78. The van der Waals surface area contributed by atoms with Crippen LogP contribution in [-0.4, -0.2) is 37.1 Å². The van der Waals surface area contributed by atoms with Crippen molar-refractivity contribution in [2.45, 2.75) is 39.3 Å². The Labute approximate surface area is 158 Å². The third kappa shape index (κ3) is 4.62. The van der Waals surface area contributed by atoms with Crippen molar-refractivity contribution in [3.05, 3.63) is 60.5 Å². The molecule has 7 heteroatoms. The molecule has 0 radical (unpaired) electrons. The lowest BCUT2D eigenvalue weighted by molar-refractivity contribution is 0.300. The Morgan fingerprint density at radius 3 is 2.96 bits per heavy atom. The monoisotopic (exact) mass is 367 g/mol. The molecule has 0 fully saturated rings. The molecular formula is C20H25N5O2. The van der Waals surface area contributed by atoms with Crippen molar-refractivity contribution in [2.24, 2.45) is 0 Å². The van der Waals surface area contributed by atoms with Gasteiger partial charge >= 0.3 is 0 Å². The number of hydrogen-bond donors (Lipinski definition) is 2. The molecule has 1 atom stereocenters.